The second-order valence-electron chi connectivity index (χ2n) is 1.77. The van der Waals surface area contributed by atoms with E-state index in [1.807, 2.05) is 0 Å². The molecule has 0 aromatic heterocycles. The van der Waals surface area contributed by atoms with E-state index in [1.54, 1.807) is 0 Å². The van der Waals surface area contributed by atoms with Crippen molar-refractivity contribution in [2.24, 2.45) is 0 Å². The van der Waals surface area contributed by atoms with Crippen molar-refractivity contribution in [1.29, 1.82) is 0 Å². The van der Waals surface area contributed by atoms with Gasteiger partial charge >= 0.3 is 0 Å². The number of rotatable bonds is 0. The van der Waals surface area contributed by atoms with Crippen molar-refractivity contribution in [2.45, 2.75) is 6.42 Å². The van der Waals surface area contributed by atoms with E-state index in [0.29, 0.717) is 0 Å². The Labute approximate surface area is 51.3 Å². The van der Waals surface area contributed by atoms with Crippen molar-refractivity contribution in [3.63, 3.8) is 0 Å². The average molecular weight is 128 g/mol. The third kappa shape index (κ3) is 1.16. The van der Waals surface area contributed by atoms with E-state index < -0.39 is 11.6 Å². The van der Waals surface area contributed by atoms with E-state index in [1.165, 1.54) is 0 Å². The Morgan fingerprint density at radius 1 is 1.56 bits per heavy atom. The predicted octanol–water partition coefficient (Wildman–Crippen LogP) is 1.25. The highest BCUT2D eigenvalue weighted by molar-refractivity contribution is 5.95. The first kappa shape index (κ1) is 6.01. The van der Waals surface area contributed by atoms with Crippen LogP contribution >= 0.6 is 0 Å². The quantitative estimate of drug-likeness (QED) is 0.533. The van der Waals surface area contributed by atoms with Crippen molar-refractivity contribution in [3.05, 3.63) is 23.7 Å². The van der Waals surface area contributed by atoms with Crippen molar-refractivity contribution in [1.82, 2.24) is 0 Å². The summed E-state index contributed by atoms with van der Waals surface area (Å²) in [5.74, 6) is -1.43. The highest BCUT2D eigenvalue weighted by Crippen LogP contribution is 2.12. The summed E-state index contributed by atoms with van der Waals surface area (Å²) in [5.41, 5.74) is 0. The minimum Gasteiger partial charge on any atom is -0.504 e. The fraction of sp³-hybridized carbons (Fsp3) is 0.167. The van der Waals surface area contributed by atoms with Gasteiger partial charge in [0, 0.05) is 0 Å². The zero-order valence-corrected chi connectivity index (χ0v) is 4.60. The molecule has 0 aliphatic heterocycles. The van der Waals surface area contributed by atoms with E-state index >= 15 is 0 Å². The lowest BCUT2D eigenvalue weighted by atomic mass is 10.1. The van der Waals surface area contributed by atoms with Crippen LogP contribution < -0.4 is 0 Å². The van der Waals surface area contributed by atoms with Crippen molar-refractivity contribution < 1.29 is 14.3 Å². The van der Waals surface area contributed by atoms with Gasteiger partial charge in [0.1, 0.15) is 5.83 Å². The smallest absolute Gasteiger partial charge is 0.203 e. The van der Waals surface area contributed by atoms with Crippen molar-refractivity contribution >= 4 is 5.78 Å². The van der Waals surface area contributed by atoms with Crippen molar-refractivity contribution in [2.75, 3.05) is 0 Å². The largest absolute Gasteiger partial charge is 0.504 e. The van der Waals surface area contributed by atoms with Gasteiger partial charge in [-0.2, -0.15) is 0 Å². The summed E-state index contributed by atoms with van der Waals surface area (Å²) in [6.45, 7) is 0. The van der Waals surface area contributed by atoms with Crippen LogP contribution in [0.2, 0.25) is 0 Å². The van der Waals surface area contributed by atoms with E-state index in [2.05, 4.69) is 0 Å². The number of Topliss-reactive ketones (excluding diaryl/α,β-unsaturated/α-hetero) is 1. The Hall–Kier alpha value is -1.12. The molecule has 0 radical (unpaired) electrons. The SMILES string of the molecule is O=C1CC(F)=CC=C1O. The standard InChI is InChI=1S/C6H5FO2/c7-4-1-2-5(8)6(9)3-4/h1-2,8H,3H2. The minimum absolute atomic E-state index is 0.303. The molecule has 2 nitrogen and oxygen atoms in total. The third-order valence-corrected chi connectivity index (χ3v) is 1.04. The van der Waals surface area contributed by atoms with Gasteiger partial charge in [0.25, 0.3) is 0 Å². The van der Waals surface area contributed by atoms with Crippen LogP contribution in [0.5, 0.6) is 0 Å². The molecule has 48 valence electrons. The van der Waals surface area contributed by atoms with E-state index in [4.69, 9.17) is 5.11 Å². The number of carbonyl (C=O) groups is 1. The Kier molecular flexibility index (Phi) is 1.34. The van der Waals surface area contributed by atoms with Crippen LogP contribution in [0.15, 0.2) is 23.7 Å². The van der Waals surface area contributed by atoms with Crippen LogP contribution in [-0.4, -0.2) is 10.9 Å². The van der Waals surface area contributed by atoms with E-state index in [9.17, 15) is 9.18 Å². The maximum absolute atomic E-state index is 12.1. The summed E-state index contributed by atoms with van der Waals surface area (Å²) in [7, 11) is 0. The molecule has 3 heteroatoms. The number of aliphatic hydroxyl groups is 1. The Morgan fingerprint density at radius 3 is 2.67 bits per heavy atom. The lowest BCUT2D eigenvalue weighted by Crippen LogP contribution is -2.04. The Balaban J connectivity index is 2.86. The fourth-order valence-corrected chi connectivity index (χ4v) is 0.565. The summed E-state index contributed by atoms with van der Waals surface area (Å²) in [6, 6.07) is 0. The normalized spacial score (nSPS) is 19.0. The highest BCUT2D eigenvalue weighted by Gasteiger charge is 2.13. The van der Waals surface area contributed by atoms with Crippen LogP contribution in [-0.2, 0) is 4.79 Å². The first-order chi connectivity index (χ1) is 4.20. The highest BCUT2D eigenvalue weighted by atomic mass is 19.1. The van der Waals surface area contributed by atoms with Gasteiger partial charge in [-0.1, -0.05) is 0 Å². The number of hydrogen-bond acceptors (Lipinski definition) is 2. The van der Waals surface area contributed by atoms with E-state index in [-0.39, 0.29) is 12.2 Å². The number of hydrogen-bond donors (Lipinski definition) is 1. The molecule has 1 aliphatic rings. The summed E-state index contributed by atoms with van der Waals surface area (Å²) in [4.78, 5) is 10.4. The second-order valence-corrected chi connectivity index (χ2v) is 1.77. The molecular weight excluding hydrogens is 123 g/mol. The topological polar surface area (TPSA) is 37.3 Å². The summed E-state index contributed by atoms with van der Waals surface area (Å²) in [5, 5.41) is 8.60. The number of ketones is 1. The molecular formula is C6H5FO2. The fourth-order valence-electron chi connectivity index (χ4n) is 0.565. The van der Waals surface area contributed by atoms with E-state index in [0.717, 1.165) is 12.2 Å². The number of halogens is 1. The molecule has 0 saturated carbocycles. The molecule has 1 N–H and O–H groups in total. The summed E-state index contributed by atoms with van der Waals surface area (Å²) < 4.78 is 12.1. The lowest BCUT2D eigenvalue weighted by Gasteiger charge is -2.00. The molecule has 0 aromatic rings. The van der Waals surface area contributed by atoms with Gasteiger partial charge in [-0.15, -0.1) is 0 Å². The molecule has 1 rings (SSSR count). The van der Waals surface area contributed by atoms with Gasteiger partial charge < -0.3 is 5.11 Å². The van der Waals surface area contributed by atoms with Crippen molar-refractivity contribution in [3.8, 4) is 0 Å². The third-order valence-electron chi connectivity index (χ3n) is 1.04. The second kappa shape index (κ2) is 2.01. The van der Waals surface area contributed by atoms with Crippen LogP contribution in [0, 0.1) is 0 Å². The van der Waals surface area contributed by atoms with Gasteiger partial charge in [-0.3, -0.25) is 4.79 Å². The Morgan fingerprint density at radius 2 is 2.22 bits per heavy atom. The molecule has 0 aromatic carbocycles. The summed E-state index contributed by atoms with van der Waals surface area (Å²) in [6.07, 6.45) is 1.83. The lowest BCUT2D eigenvalue weighted by molar-refractivity contribution is -0.117. The molecule has 0 fully saturated rings. The molecule has 0 atom stereocenters. The van der Waals surface area contributed by atoms with Gasteiger partial charge in [0.2, 0.25) is 5.78 Å². The molecule has 0 amide bonds. The molecule has 1 aliphatic carbocycles. The van der Waals surface area contributed by atoms with Crippen LogP contribution in [0.4, 0.5) is 4.39 Å². The average Bonchev–Trinajstić information content (AvgIpc) is 1.80. The molecule has 0 saturated heterocycles. The first-order valence-corrected chi connectivity index (χ1v) is 2.48. The monoisotopic (exact) mass is 128 g/mol. The van der Waals surface area contributed by atoms with Gasteiger partial charge in [0.15, 0.2) is 5.76 Å². The molecule has 0 spiro atoms. The molecule has 0 bridgehead atoms. The number of carbonyl (C=O) groups excluding carboxylic acids is 1. The zero-order valence-electron chi connectivity index (χ0n) is 4.60. The first-order valence-electron chi connectivity index (χ1n) is 2.48. The minimum atomic E-state index is -0.560. The molecule has 0 heterocycles. The van der Waals surface area contributed by atoms with Crippen LogP contribution in [0.25, 0.3) is 0 Å². The Bertz CT molecular complexity index is 203. The predicted molar refractivity (Wildman–Crippen MR) is 29.5 cm³/mol. The molecule has 0 unspecified atom stereocenters. The van der Waals surface area contributed by atoms with Gasteiger partial charge in [-0.25, -0.2) is 4.39 Å². The van der Waals surface area contributed by atoms with Crippen LogP contribution in [0.3, 0.4) is 0 Å². The van der Waals surface area contributed by atoms with Gasteiger partial charge in [0.05, 0.1) is 6.42 Å². The number of aliphatic hydroxyl groups excluding tert-OH is 1. The zero-order chi connectivity index (χ0) is 6.85. The number of allylic oxidation sites excluding steroid dienone is 4. The van der Waals surface area contributed by atoms with Gasteiger partial charge in [-0.05, 0) is 12.2 Å². The van der Waals surface area contributed by atoms with Crippen LogP contribution in [0.1, 0.15) is 6.42 Å². The molecule has 9 heavy (non-hydrogen) atoms. The summed E-state index contributed by atoms with van der Waals surface area (Å²) >= 11 is 0. The maximum atomic E-state index is 12.1. The maximum Gasteiger partial charge on any atom is 0.203 e.